The second-order valence-corrected chi connectivity index (χ2v) is 9.80. The average molecular weight is 380 g/mol. The number of benzene rings is 1. The Morgan fingerprint density at radius 2 is 1.69 bits per heavy atom. The minimum absolute atomic E-state index is 0.00666. The van der Waals surface area contributed by atoms with Crippen molar-refractivity contribution in [2.75, 3.05) is 13.1 Å². The molecule has 0 spiro atoms. The van der Waals surface area contributed by atoms with Crippen molar-refractivity contribution in [2.45, 2.75) is 49.5 Å². The van der Waals surface area contributed by atoms with Gasteiger partial charge >= 0.3 is 0 Å². The van der Waals surface area contributed by atoms with Crippen molar-refractivity contribution >= 4 is 15.9 Å². The maximum absolute atomic E-state index is 13.1. The number of carbonyl (C=O) groups is 1. The zero-order valence-electron chi connectivity index (χ0n) is 14.7. The van der Waals surface area contributed by atoms with E-state index in [2.05, 4.69) is 5.32 Å². The number of nitrogens with one attached hydrogen (secondary N) is 1. The number of hydrogen-bond acceptors (Lipinski definition) is 3. The molecule has 1 unspecified atom stereocenters. The molecule has 3 fully saturated rings. The van der Waals surface area contributed by atoms with Crippen LogP contribution < -0.4 is 5.32 Å². The van der Waals surface area contributed by atoms with E-state index in [1.807, 2.05) is 0 Å². The van der Waals surface area contributed by atoms with E-state index in [1.54, 1.807) is 0 Å². The van der Waals surface area contributed by atoms with Gasteiger partial charge in [0.05, 0.1) is 10.8 Å². The predicted octanol–water partition coefficient (Wildman–Crippen LogP) is 2.53. The second-order valence-electron chi connectivity index (χ2n) is 7.87. The van der Waals surface area contributed by atoms with Crippen LogP contribution in [0.3, 0.4) is 0 Å². The van der Waals surface area contributed by atoms with Crippen LogP contribution >= 0.6 is 0 Å². The van der Waals surface area contributed by atoms with E-state index in [0.717, 1.165) is 12.1 Å². The molecule has 1 saturated heterocycles. The fraction of sp³-hybridized carbons (Fsp3) is 0.632. The number of nitrogens with zero attached hydrogens (tertiary/aromatic N) is 1. The van der Waals surface area contributed by atoms with Gasteiger partial charge < -0.3 is 5.32 Å². The monoisotopic (exact) mass is 380 g/mol. The van der Waals surface area contributed by atoms with Crippen LogP contribution in [0, 0.1) is 23.6 Å². The van der Waals surface area contributed by atoms with Crippen LogP contribution in [-0.4, -0.2) is 37.8 Å². The number of amides is 1. The third-order valence-corrected chi connectivity index (χ3v) is 7.65. The van der Waals surface area contributed by atoms with Crippen LogP contribution in [0.2, 0.25) is 0 Å². The number of hydrogen-bond donors (Lipinski definition) is 1. The van der Waals surface area contributed by atoms with E-state index < -0.39 is 15.8 Å². The fourth-order valence-electron chi connectivity index (χ4n) is 3.94. The standard InChI is InChI=1S/C19H25FN2O3S/c20-16-7-9-17(10-8-16)26(24,25)22-11-1-2-15(12-22)19(23)21-18(13-3-4-13)14-5-6-14/h7-10,13-15,18H,1-6,11-12H2,(H,21,23). The van der Waals surface area contributed by atoms with Gasteiger partial charge in [0.1, 0.15) is 5.82 Å². The lowest BCUT2D eigenvalue weighted by molar-refractivity contribution is -0.127. The molecule has 5 nitrogen and oxygen atoms in total. The lowest BCUT2D eigenvalue weighted by Gasteiger charge is -2.32. The molecule has 1 N–H and O–H groups in total. The lowest BCUT2D eigenvalue weighted by Crippen LogP contribution is -2.48. The lowest BCUT2D eigenvalue weighted by atomic mass is 9.97. The Morgan fingerprint density at radius 3 is 2.27 bits per heavy atom. The Labute approximate surface area is 154 Å². The highest BCUT2D eigenvalue weighted by atomic mass is 32.2. The largest absolute Gasteiger partial charge is 0.353 e. The summed E-state index contributed by atoms with van der Waals surface area (Å²) in [6, 6.07) is 5.15. The van der Waals surface area contributed by atoms with Gasteiger partial charge in [-0.15, -0.1) is 0 Å². The highest BCUT2D eigenvalue weighted by Crippen LogP contribution is 2.44. The SMILES string of the molecule is O=C(NC(C1CC1)C1CC1)C1CCCN(S(=O)(=O)c2ccc(F)cc2)C1. The molecule has 2 aliphatic carbocycles. The molecule has 0 aromatic heterocycles. The van der Waals surface area contributed by atoms with Gasteiger partial charge in [-0.2, -0.15) is 4.31 Å². The van der Waals surface area contributed by atoms with Gasteiger partial charge in [0.25, 0.3) is 0 Å². The highest BCUT2D eigenvalue weighted by molar-refractivity contribution is 7.89. The summed E-state index contributed by atoms with van der Waals surface area (Å²) < 4.78 is 40.1. The van der Waals surface area contributed by atoms with Gasteiger partial charge in [0, 0.05) is 19.1 Å². The Bertz CT molecular complexity index is 760. The normalized spacial score (nSPS) is 24.6. The molecule has 1 aromatic rings. The van der Waals surface area contributed by atoms with E-state index in [9.17, 15) is 17.6 Å². The molecule has 26 heavy (non-hydrogen) atoms. The summed E-state index contributed by atoms with van der Waals surface area (Å²) in [7, 11) is -3.70. The van der Waals surface area contributed by atoms with Crippen LogP contribution in [0.15, 0.2) is 29.2 Å². The number of piperidine rings is 1. The van der Waals surface area contributed by atoms with Crippen LogP contribution in [0.5, 0.6) is 0 Å². The minimum Gasteiger partial charge on any atom is -0.353 e. The summed E-state index contributed by atoms with van der Waals surface area (Å²) >= 11 is 0. The Morgan fingerprint density at radius 1 is 1.08 bits per heavy atom. The van der Waals surface area contributed by atoms with Crippen molar-refractivity contribution < 1.29 is 17.6 Å². The van der Waals surface area contributed by atoms with Crippen LogP contribution in [-0.2, 0) is 14.8 Å². The number of rotatable bonds is 6. The van der Waals surface area contributed by atoms with Gasteiger partial charge in [-0.05, 0) is 74.6 Å². The molecule has 1 atom stereocenters. The molecule has 4 rings (SSSR count). The van der Waals surface area contributed by atoms with Crippen molar-refractivity contribution in [3.63, 3.8) is 0 Å². The zero-order valence-corrected chi connectivity index (χ0v) is 15.6. The van der Waals surface area contributed by atoms with Crippen LogP contribution in [0.4, 0.5) is 4.39 Å². The minimum atomic E-state index is -3.70. The molecule has 1 heterocycles. The first kappa shape index (κ1) is 17.9. The maximum atomic E-state index is 13.1. The quantitative estimate of drug-likeness (QED) is 0.825. The molecule has 1 amide bonds. The van der Waals surface area contributed by atoms with Crippen molar-refractivity contribution in [3.05, 3.63) is 30.1 Å². The fourth-order valence-corrected chi connectivity index (χ4v) is 5.47. The number of carbonyl (C=O) groups excluding carboxylic acids is 1. The Kier molecular flexibility index (Phi) is 4.77. The van der Waals surface area contributed by atoms with Gasteiger partial charge in [0.15, 0.2) is 0 Å². The van der Waals surface area contributed by atoms with Crippen molar-refractivity contribution in [1.82, 2.24) is 9.62 Å². The molecule has 142 valence electrons. The van der Waals surface area contributed by atoms with Crippen molar-refractivity contribution in [1.29, 1.82) is 0 Å². The van der Waals surface area contributed by atoms with E-state index in [1.165, 1.54) is 42.1 Å². The zero-order chi connectivity index (χ0) is 18.3. The van der Waals surface area contributed by atoms with E-state index in [-0.39, 0.29) is 29.3 Å². The molecule has 2 saturated carbocycles. The first-order chi connectivity index (χ1) is 12.4. The molecule has 0 bridgehead atoms. The smallest absolute Gasteiger partial charge is 0.243 e. The van der Waals surface area contributed by atoms with Crippen molar-refractivity contribution in [2.24, 2.45) is 17.8 Å². The first-order valence-corrected chi connectivity index (χ1v) is 11.0. The molecular weight excluding hydrogens is 355 g/mol. The molecular formula is C19H25FN2O3S. The summed E-state index contributed by atoms with van der Waals surface area (Å²) in [6.07, 6.45) is 6.14. The molecule has 1 aromatic carbocycles. The molecule has 7 heteroatoms. The van der Waals surface area contributed by atoms with E-state index in [0.29, 0.717) is 31.2 Å². The summed E-state index contributed by atoms with van der Waals surface area (Å²) in [5, 5.41) is 3.22. The third-order valence-electron chi connectivity index (χ3n) is 5.78. The maximum Gasteiger partial charge on any atom is 0.243 e. The van der Waals surface area contributed by atoms with Gasteiger partial charge in [0.2, 0.25) is 15.9 Å². The van der Waals surface area contributed by atoms with Crippen LogP contribution in [0.1, 0.15) is 38.5 Å². The summed E-state index contributed by atoms with van der Waals surface area (Å²) in [6.45, 7) is 0.603. The van der Waals surface area contributed by atoms with E-state index >= 15 is 0 Å². The summed E-state index contributed by atoms with van der Waals surface area (Å²) in [4.78, 5) is 12.8. The Balaban J connectivity index is 1.43. The second kappa shape index (κ2) is 6.93. The average Bonchev–Trinajstić information content (AvgIpc) is 3.54. The predicted molar refractivity (Wildman–Crippen MR) is 95.3 cm³/mol. The Hall–Kier alpha value is -1.47. The summed E-state index contributed by atoms with van der Waals surface area (Å²) in [5.41, 5.74) is 0. The molecule has 0 radical (unpaired) electrons. The summed E-state index contributed by atoms with van der Waals surface area (Å²) in [5.74, 6) is 0.459. The van der Waals surface area contributed by atoms with E-state index in [4.69, 9.17) is 0 Å². The third kappa shape index (κ3) is 3.78. The molecule has 3 aliphatic rings. The van der Waals surface area contributed by atoms with Gasteiger partial charge in [-0.1, -0.05) is 0 Å². The molecule has 1 aliphatic heterocycles. The van der Waals surface area contributed by atoms with Crippen LogP contribution in [0.25, 0.3) is 0 Å². The highest BCUT2D eigenvalue weighted by Gasteiger charge is 2.43. The number of sulfonamides is 1. The van der Waals surface area contributed by atoms with Gasteiger partial charge in [-0.3, -0.25) is 4.79 Å². The topological polar surface area (TPSA) is 66.5 Å². The van der Waals surface area contributed by atoms with Gasteiger partial charge in [-0.25, -0.2) is 12.8 Å². The first-order valence-electron chi connectivity index (χ1n) is 9.51. The number of halogens is 1. The van der Waals surface area contributed by atoms with Crippen molar-refractivity contribution in [3.8, 4) is 0 Å².